The first-order valence-corrected chi connectivity index (χ1v) is 4.23. The highest BCUT2D eigenvalue weighted by atomic mass is 16.6. The van der Waals surface area contributed by atoms with Gasteiger partial charge >= 0.3 is 0 Å². The second-order valence-electron chi connectivity index (χ2n) is 2.98. The maximum Gasteiger partial charge on any atom is 0.177 e. The molecule has 3 nitrogen and oxygen atoms in total. The minimum absolute atomic E-state index is 0.202. The summed E-state index contributed by atoms with van der Waals surface area (Å²) in [5, 5.41) is 3.75. The molecule has 0 radical (unpaired) electrons. The van der Waals surface area contributed by atoms with Gasteiger partial charge in [-0.2, -0.15) is 0 Å². The summed E-state index contributed by atoms with van der Waals surface area (Å²) in [6.07, 6.45) is 9.74. The van der Waals surface area contributed by atoms with E-state index in [-0.39, 0.29) is 6.61 Å². The topological polar surface area (TPSA) is 47.6 Å². The van der Waals surface area contributed by atoms with Gasteiger partial charge in [0.15, 0.2) is 6.61 Å². The molecular weight excluding hydrogens is 152 g/mol. The Morgan fingerprint density at radius 3 is 2.83 bits per heavy atom. The predicted molar refractivity (Wildman–Crippen MR) is 48.4 cm³/mol. The van der Waals surface area contributed by atoms with Gasteiger partial charge in [-0.05, 0) is 12.8 Å². The lowest BCUT2D eigenvalue weighted by Crippen LogP contribution is -2.21. The smallest absolute Gasteiger partial charge is 0.177 e. The molecule has 3 heteroatoms. The van der Waals surface area contributed by atoms with Crippen LogP contribution in [0.2, 0.25) is 0 Å². The average molecular weight is 166 g/mol. The van der Waals surface area contributed by atoms with Crippen LogP contribution in [0.15, 0.2) is 5.16 Å². The van der Waals surface area contributed by atoms with Crippen LogP contribution in [-0.4, -0.2) is 12.4 Å². The van der Waals surface area contributed by atoms with Crippen LogP contribution >= 0.6 is 0 Å². The number of amidine groups is 1. The van der Waals surface area contributed by atoms with Gasteiger partial charge in [0.25, 0.3) is 0 Å². The molecule has 1 aliphatic carbocycles. The molecule has 1 aliphatic rings. The Labute approximate surface area is 73.0 Å². The van der Waals surface area contributed by atoms with Crippen molar-refractivity contribution in [1.29, 1.82) is 0 Å². The van der Waals surface area contributed by atoms with E-state index >= 15 is 0 Å². The van der Waals surface area contributed by atoms with E-state index in [1.54, 1.807) is 0 Å². The molecule has 0 amide bonds. The highest BCUT2D eigenvalue weighted by Crippen LogP contribution is 2.24. The van der Waals surface area contributed by atoms with E-state index in [1.165, 1.54) is 12.8 Å². The number of rotatable bonds is 3. The number of nitrogens with zero attached hydrogens (tertiary/aromatic N) is 1. The van der Waals surface area contributed by atoms with Gasteiger partial charge in [0, 0.05) is 5.92 Å². The summed E-state index contributed by atoms with van der Waals surface area (Å²) in [6, 6.07) is 0. The van der Waals surface area contributed by atoms with Gasteiger partial charge in [-0.3, -0.25) is 0 Å². The fraction of sp³-hybridized carbons (Fsp3) is 0.667. The summed E-state index contributed by atoms with van der Waals surface area (Å²) in [5.74, 6) is 3.35. The fourth-order valence-corrected chi connectivity index (χ4v) is 1.44. The lowest BCUT2D eigenvalue weighted by atomic mass is 10.1. The highest BCUT2D eigenvalue weighted by Gasteiger charge is 2.18. The summed E-state index contributed by atoms with van der Waals surface area (Å²) in [4.78, 5) is 4.78. The third-order valence-electron chi connectivity index (χ3n) is 2.09. The van der Waals surface area contributed by atoms with Crippen molar-refractivity contribution < 1.29 is 4.84 Å². The average Bonchev–Trinajstić information content (AvgIpc) is 2.56. The summed E-state index contributed by atoms with van der Waals surface area (Å²) in [6.45, 7) is 0.202. The molecule has 1 saturated carbocycles. The van der Waals surface area contributed by atoms with Crippen LogP contribution < -0.4 is 5.73 Å². The van der Waals surface area contributed by atoms with E-state index in [9.17, 15) is 0 Å². The van der Waals surface area contributed by atoms with Gasteiger partial charge in [0.2, 0.25) is 0 Å². The normalized spacial score (nSPS) is 19.1. The molecule has 66 valence electrons. The van der Waals surface area contributed by atoms with Crippen molar-refractivity contribution in [2.75, 3.05) is 6.61 Å². The zero-order valence-corrected chi connectivity index (χ0v) is 7.12. The highest BCUT2D eigenvalue weighted by molar-refractivity contribution is 5.82. The van der Waals surface area contributed by atoms with Gasteiger partial charge in [-0.1, -0.05) is 23.9 Å². The number of terminal acetylenes is 1. The minimum Gasteiger partial charge on any atom is -0.384 e. The molecule has 0 heterocycles. The lowest BCUT2D eigenvalue weighted by Gasteiger charge is -2.06. The Kier molecular flexibility index (Phi) is 3.46. The molecule has 1 rings (SSSR count). The van der Waals surface area contributed by atoms with Crippen LogP contribution in [0.5, 0.6) is 0 Å². The molecule has 0 atom stereocenters. The van der Waals surface area contributed by atoms with Crippen LogP contribution in [-0.2, 0) is 4.84 Å². The Balaban J connectivity index is 2.30. The maximum atomic E-state index is 5.68. The SMILES string of the molecule is C#CCO/N=C(\N)C1CCCC1. The molecule has 0 aliphatic heterocycles. The number of oxime groups is 1. The second kappa shape index (κ2) is 4.66. The quantitative estimate of drug-likeness (QED) is 0.224. The molecule has 0 saturated heterocycles. The molecule has 1 fully saturated rings. The van der Waals surface area contributed by atoms with E-state index in [0.29, 0.717) is 11.8 Å². The predicted octanol–water partition coefficient (Wildman–Crippen LogP) is 1.10. The third kappa shape index (κ3) is 2.46. The molecule has 12 heavy (non-hydrogen) atoms. The maximum absolute atomic E-state index is 5.68. The van der Waals surface area contributed by atoms with Crippen molar-refractivity contribution in [2.45, 2.75) is 25.7 Å². The van der Waals surface area contributed by atoms with Crippen molar-refractivity contribution in [2.24, 2.45) is 16.8 Å². The number of nitrogens with two attached hydrogens (primary N) is 1. The van der Waals surface area contributed by atoms with Crippen LogP contribution in [0.1, 0.15) is 25.7 Å². The van der Waals surface area contributed by atoms with Gasteiger partial charge in [0.05, 0.1) is 0 Å². The van der Waals surface area contributed by atoms with Gasteiger partial charge in [0.1, 0.15) is 5.84 Å². The van der Waals surface area contributed by atoms with E-state index in [4.69, 9.17) is 17.0 Å². The van der Waals surface area contributed by atoms with Gasteiger partial charge in [-0.15, -0.1) is 6.42 Å². The standard InChI is InChI=1S/C9H14N2O/c1-2-7-12-11-9(10)8-5-3-4-6-8/h1,8H,3-7H2,(H2,10,11). The Morgan fingerprint density at radius 1 is 1.58 bits per heavy atom. The first kappa shape index (κ1) is 8.92. The zero-order valence-electron chi connectivity index (χ0n) is 7.12. The van der Waals surface area contributed by atoms with Gasteiger partial charge < -0.3 is 10.6 Å². The summed E-state index contributed by atoms with van der Waals surface area (Å²) in [5.41, 5.74) is 5.68. The van der Waals surface area contributed by atoms with E-state index in [1.807, 2.05) is 0 Å². The molecule has 0 spiro atoms. The summed E-state index contributed by atoms with van der Waals surface area (Å²) >= 11 is 0. The van der Waals surface area contributed by atoms with Crippen LogP contribution in [0.25, 0.3) is 0 Å². The Morgan fingerprint density at radius 2 is 2.25 bits per heavy atom. The first-order valence-electron chi connectivity index (χ1n) is 4.23. The first-order chi connectivity index (χ1) is 5.84. The number of hydrogen-bond acceptors (Lipinski definition) is 2. The lowest BCUT2D eigenvalue weighted by molar-refractivity contribution is 0.177. The van der Waals surface area contributed by atoms with Crippen LogP contribution in [0, 0.1) is 18.3 Å². The molecule has 0 aromatic rings. The van der Waals surface area contributed by atoms with Crippen LogP contribution in [0.4, 0.5) is 0 Å². The molecule has 0 aromatic carbocycles. The van der Waals surface area contributed by atoms with E-state index in [2.05, 4.69) is 11.1 Å². The largest absolute Gasteiger partial charge is 0.384 e. The Hall–Kier alpha value is -1.17. The van der Waals surface area contributed by atoms with Crippen molar-refractivity contribution in [3.05, 3.63) is 0 Å². The van der Waals surface area contributed by atoms with E-state index in [0.717, 1.165) is 12.8 Å². The molecule has 0 bridgehead atoms. The summed E-state index contributed by atoms with van der Waals surface area (Å²) in [7, 11) is 0. The summed E-state index contributed by atoms with van der Waals surface area (Å²) < 4.78 is 0. The van der Waals surface area contributed by atoms with Crippen LogP contribution in [0.3, 0.4) is 0 Å². The number of hydrogen-bond donors (Lipinski definition) is 1. The Bertz CT molecular complexity index is 199. The zero-order chi connectivity index (χ0) is 8.81. The van der Waals surface area contributed by atoms with Crippen molar-refractivity contribution >= 4 is 5.84 Å². The van der Waals surface area contributed by atoms with Gasteiger partial charge in [-0.25, -0.2) is 0 Å². The second-order valence-corrected chi connectivity index (χ2v) is 2.98. The fourth-order valence-electron chi connectivity index (χ4n) is 1.44. The van der Waals surface area contributed by atoms with Crippen molar-refractivity contribution in [3.63, 3.8) is 0 Å². The molecule has 2 N–H and O–H groups in total. The molecule has 0 aromatic heterocycles. The van der Waals surface area contributed by atoms with Crippen molar-refractivity contribution in [1.82, 2.24) is 0 Å². The van der Waals surface area contributed by atoms with E-state index < -0.39 is 0 Å². The minimum atomic E-state index is 0.202. The van der Waals surface area contributed by atoms with Crippen molar-refractivity contribution in [3.8, 4) is 12.3 Å². The monoisotopic (exact) mass is 166 g/mol. The molecule has 0 unspecified atom stereocenters. The third-order valence-corrected chi connectivity index (χ3v) is 2.09. The molecular formula is C9H14N2O.